The van der Waals surface area contributed by atoms with Gasteiger partial charge in [-0.1, -0.05) is 113 Å². The van der Waals surface area contributed by atoms with Crippen molar-refractivity contribution in [3.8, 4) is 17.2 Å². The van der Waals surface area contributed by atoms with Gasteiger partial charge in [0.05, 0.1) is 83.4 Å². The smallest absolute Gasteiger partial charge is 0.328 e. The molecule has 1 unspecified atom stereocenters. The van der Waals surface area contributed by atoms with E-state index in [2.05, 4.69) is 63.8 Å². The Bertz CT molecular complexity index is 6150. The third-order valence-corrected chi connectivity index (χ3v) is 26.5. The van der Waals surface area contributed by atoms with E-state index in [1.54, 1.807) is 76.2 Å². The molecule has 7 atom stereocenters. The zero-order chi connectivity index (χ0) is 109. The summed E-state index contributed by atoms with van der Waals surface area (Å²) in [6.45, 7) is 5.16. The van der Waals surface area contributed by atoms with Gasteiger partial charge in [-0.25, -0.2) is 19.2 Å². The van der Waals surface area contributed by atoms with Crippen LogP contribution in [-0.2, 0) is 78.8 Å². The summed E-state index contributed by atoms with van der Waals surface area (Å²) in [6.07, 6.45) is 8.83. The maximum absolute atomic E-state index is 12.8. The molecule has 796 valence electrons. The summed E-state index contributed by atoms with van der Waals surface area (Å²) in [4.78, 5) is 213. The summed E-state index contributed by atoms with van der Waals surface area (Å²) in [6, 6.07) is 30.2. The van der Waals surface area contributed by atoms with Gasteiger partial charge in [0.25, 0.3) is 35.4 Å². The molecule has 8 aromatic rings. The first-order valence-corrected chi connectivity index (χ1v) is 50.3. The van der Waals surface area contributed by atoms with E-state index >= 15 is 0 Å². The number of phenolic OH excluding ortho intramolecular Hbond substituents is 3. The van der Waals surface area contributed by atoms with Crippen LogP contribution >= 0.6 is 81.4 Å². The van der Waals surface area contributed by atoms with Crippen molar-refractivity contribution in [1.82, 2.24) is 78.5 Å². The average molecular weight is 2200 g/mol. The molecule has 4 aliphatic rings. The third kappa shape index (κ3) is 37.3. The molecule has 13 amide bonds. The number of phenols is 3. The maximum Gasteiger partial charge on any atom is 0.328 e. The quantitative estimate of drug-likeness (QED) is 0.0160. The average Bonchev–Trinajstić information content (AvgIpc) is 1.68. The van der Waals surface area contributed by atoms with Gasteiger partial charge < -0.3 is 118 Å². The fourth-order valence-corrected chi connectivity index (χ4v) is 18.4. The number of likely N-dealkylation sites (N-methyl/N-ethyl adjacent to an activating group) is 1. The molecule has 20 N–H and O–H groups in total. The van der Waals surface area contributed by atoms with Gasteiger partial charge in [0.15, 0.2) is 0 Å². The van der Waals surface area contributed by atoms with E-state index in [-0.39, 0.29) is 186 Å². The number of carbonyl (C=O) groups excluding carboxylic acids is 13. The monoisotopic (exact) mass is 2190 g/mol. The summed E-state index contributed by atoms with van der Waals surface area (Å²) in [7, 11) is 1.48. The highest BCUT2D eigenvalue weighted by molar-refractivity contribution is 7.99. The third-order valence-electron chi connectivity index (χ3n) is 23.8. The van der Waals surface area contributed by atoms with Gasteiger partial charge in [-0.2, -0.15) is 0 Å². The number of carboxylic acids is 4. The molecule has 0 aliphatic carbocycles. The summed E-state index contributed by atoms with van der Waals surface area (Å²) in [5.41, 5.74) is 3.20. The fraction of sp³-hybridized carbons (Fsp3) is 0.356. The number of halogens is 6. The number of benzene rings is 7. The van der Waals surface area contributed by atoms with Crippen LogP contribution in [0.2, 0.25) is 30.1 Å². The normalized spacial score (nSPS) is 15.3. The lowest BCUT2D eigenvalue weighted by Gasteiger charge is -2.31. The Morgan fingerprint density at radius 2 is 0.919 bits per heavy atom. The number of nitrogens with one attached hydrogen (secondary N) is 12. The molecule has 0 spiro atoms. The van der Waals surface area contributed by atoms with E-state index in [9.17, 15) is 122 Å². The van der Waals surface area contributed by atoms with Crippen LogP contribution in [0.1, 0.15) is 173 Å². The molecule has 1 aromatic heterocycles. The first-order chi connectivity index (χ1) is 70.9. The van der Waals surface area contributed by atoms with Crippen LogP contribution in [0.4, 0.5) is 0 Å². The lowest BCUT2D eigenvalue weighted by molar-refractivity contribution is -0.142. The van der Waals surface area contributed by atoms with E-state index < -0.39 is 95.6 Å². The Balaban J connectivity index is 0.000000221. The number of hydrogen-bond donors (Lipinski definition) is 20. The van der Waals surface area contributed by atoms with Crippen molar-refractivity contribution >= 4 is 188 Å². The molecule has 4 fully saturated rings. The Morgan fingerprint density at radius 3 is 1.34 bits per heavy atom. The molecular weight excluding hydrogens is 2080 g/mol. The van der Waals surface area contributed by atoms with Gasteiger partial charge in [-0.05, 0) is 207 Å². The SMILES string of the molecule is CC(=O)N1CCC(C(=O)NC[C@H](NC(=O)c2ccc(C(=O)NCc3cccc(O)c3)cc2Cl)C(=O)O)CC1.CCCC(=O)N1CCC(C(=O)NC[C@H](NC(=O)c2ccc(C(=O)NCc3cccc(O)c3)cc2Cl)C(=O)O)CC1.CN(C[C@H](NC(=O)c1c(Cl)cc(CNC(=O)/C=C/c2ccco2)cc1Cl)C(=O)O)C(=O)[C@@H]1CCCN1.O=C(N[C@@H](CNC(=O)[C@@H]1CSCN1)C(=O)O)c1c(Cl)cc(C(O)CCc2cccc(O)c2)cc1Cl. The number of rotatable bonds is 40. The van der Waals surface area contributed by atoms with Gasteiger partial charge in [0.2, 0.25) is 41.4 Å². The molecule has 0 saturated carbocycles. The molecule has 7 aromatic carbocycles. The van der Waals surface area contributed by atoms with Gasteiger partial charge in [0.1, 0.15) is 47.2 Å². The van der Waals surface area contributed by atoms with E-state index in [0.29, 0.717) is 117 Å². The first kappa shape index (κ1) is 118. The van der Waals surface area contributed by atoms with Crippen LogP contribution in [0, 0.1) is 11.8 Å². The number of aryl methyl sites for hydroxylation is 1. The number of aliphatic hydroxyl groups is 1. The number of carbonyl (C=O) groups is 17. The van der Waals surface area contributed by atoms with E-state index in [0.717, 1.165) is 24.9 Å². The highest BCUT2D eigenvalue weighted by Crippen LogP contribution is 2.34. The van der Waals surface area contributed by atoms with Crippen LogP contribution in [0.3, 0.4) is 0 Å². The zero-order valence-electron chi connectivity index (χ0n) is 80.7. The summed E-state index contributed by atoms with van der Waals surface area (Å²) in [5, 5.41) is 108. The number of amides is 13. The first-order valence-electron chi connectivity index (χ1n) is 46.9. The van der Waals surface area contributed by atoms with Crippen molar-refractivity contribution in [2.75, 3.05) is 77.6 Å². The Kier molecular flexibility index (Phi) is 46.6. The number of thioether (sulfide) groups is 1. The van der Waals surface area contributed by atoms with Crippen molar-refractivity contribution in [3.63, 3.8) is 0 Å². The van der Waals surface area contributed by atoms with Crippen molar-refractivity contribution in [1.29, 1.82) is 0 Å². The van der Waals surface area contributed by atoms with Gasteiger partial charge in [0, 0.05) is 127 Å². The number of likely N-dealkylation sites (tertiary alicyclic amines) is 2. The van der Waals surface area contributed by atoms with Crippen LogP contribution in [0.15, 0.2) is 162 Å². The van der Waals surface area contributed by atoms with Crippen molar-refractivity contribution in [2.24, 2.45) is 11.8 Å². The van der Waals surface area contributed by atoms with E-state index in [1.165, 1.54) is 122 Å². The largest absolute Gasteiger partial charge is 0.508 e. The second-order valence-electron chi connectivity index (χ2n) is 34.7. The fourth-order valence-electron chi connectivity index (χ4n) is 15.6. The summed E-state index contributed by atoms with van der Waals surface area (Å²) >= 11 is 39.1. The van der Waals surface area contributed by atoms with Gasteiger partial charge >= 0.3 is 23.9 Å². The Morgan fingerprint density at radius 1 is 0.477 bits per heavy atom. The lowest BCUT2D eigenvalue weighted by atomic mass is 9.95. The molecule has 5 heterocycles. The lowest BCUT2D eigenvalue weighted by Crippen LogP contribution is -2.51. The highest BCUT2D eigenvalue weighted by Gasteiger charge is 2.36. The number of hydrogen-bond acceptors (Lipinski definition) is 25. The second kappa shape index (κ2) is 58.6. The number of carboxylic acid groups (broad SMARTS) is 4. The van der Waals surface area contributed by atoms with Crippen LogP contribution in [0.5, 0.6) is 17.2 Å². The van der Waals surface area contributed by atoms with Gasteiger partial charge in [-0.15, -0.1) is 11.8 Å². The van der Waals surface area contributed by atoms with E-state index in [4.69, 9.17) is 74.0 Å². The number of aromatic hydroxyl groups is 3. The number of aliphatic hydroxyl groups excluding tert-OH is 1. The van der Waals surface area contributed by atoms with Crippen LogP contribution in [0.25, 0.3) is 6.08 Å². The molecule has 41 nitrogen and oxygen atoms in total. The summed E-state index contributed by atoms with van der Waals surface area (Å²) < 4.78 is 5.11. The van der Waals surface area contributed by atoms with Crippen molar-refractivity contribution in [3.05, 3.63) is 255 Å². The maximum atomic E-state index is 12.8. The predicted octanol–water partition coefficient (Wildman–Crippen LogP) is 8.48. The molecule has 12 rings (SSSR count). The van der Waals surface area contributed by atoms with Crippen LogP contribution in [-0.4, -0.2) is 270 Å². The molecule has 4 saturated heterocycles. The molecule has 4 aliphatic heterocycles. The number of nitrogens with zero attached hydrogens (tertiary/aromatic N) is 3. The second-order valence-corrected chi connectivity index (χ2v) is 38.2. The Labute approximate surface area is 889 Å². The molecule has 0 bridgehead atoms. The summed E-state index contributed by atoms with van der Waals surface area (Å²) in [5.74, 6) is -9.73. The van der Waals surface area contributed by atoms with Crippen molar-refractivity contribution in [2.45, 2.75) is 140 Å². The minimum absolute atomic E-state index is 0.0147. The number of aliphatic carboxylic acids is 4. The number of piperidine rings is 2. The van der Waals surface area contributed by atoms with Crippen LogP contribution < -0.4 is 63.8 Å². The van der Waals surface area contributed by atoms with Crippen molar-refractivity contribution < 1.29 is 127 Å². The number of furan rings is 1. The molecule has 48 heteroatoms. The molecule has 0 radical (unpaired) electrons. The molecular formula is C101H113Cl6N15O26S. The van der Waals surface area contributed by atoms with E-state index in [1.807, 2.05) is 13.0 Å². The standard InChI is InChI=1S/C28H33ClN4O7.C26H29ClN4O7.C24H26Cl2N4O6.C23H25Cl2N3O6S/c1-2-4-24(35)33-11-9-18(10-12-33)25(36)31-16-23(28(39)40)32-27(38)21-8-7-19(14-22(21)29)26(37)30-15-17-5-3-6-20(34)13-17;1-15(32)31-9-7-17(8-10-31)23(34)29-14-22(26(37)38)30-25(36)20-6-5-18(12-21(20)27)24(35)28-13-16-3-2-4-19(33)11-16;1-30(23(33)18-5-2-8-27-18)13-19(24(34)35)29-22(32)21-16(25)10-14(11-17(21)26)12-28-20(31)7-6-15-4-3-9-36-15;24-15-7-13(19(30)5-4-12-2-1-3-14(29)6-12)8-16(25)20(15)22(32)28-17(23(33)34)9-26-21(31)18-10-35-11-27-18/h3,5-8,13-14,18,23,34H,2,4,9-12,15-16H2,1H3,(H,30,37)(H,31,36)(H,32,38)(H,39,40);2-6,11-12,17,22,33H,7-10,13-14H2,1H3,(H,28,35)(H,29,34)(H,30,36)(H,37,38);3-4,6-7,9-11,18-19,27H,2,5,8,12-13H2,1H3,(H,28,31)(H,29,32)(H,34,35);1-3,6-8,17-19,27,29-30H,4-5,9-11H2,(H,26,31)(H,28,32)(H,33,34)/b;;7-6+;/t23-;22-;18-,19-;17-,18-,19?/m0000/s1. The molecule has 149 heavy (non-hydrogen) atoms. The minimum Gasteiger partial charge on any atom is -0.508 e. The minimum atomic E-state index is -1.41. The topological polar surface area (TPSA) is 619 Å². The highest BCUT2D eigenvalue weighted by atomic mass is 35.5. The zero-order valence-corrected chi connectivity index (χ0v) is 86.1. The van der Waals surface area contributed by atoms with Gasteiger partial charge in [-0.3, -0.25) is 67.6 Å². The Hall–Kier alpha value is -14.1. The predicted molar refractivity (Wildman–Crippen MR) is 552 cm³/mol.